The van der Waals surface area contributed by atoms with Gasteiger partial charge in [0.25, 0.3) is 0 Å². The molecule has 2 unspecified atom stereocenters. The quantitative estimate of drug-likeness (QED) is 0.866. The lowest BCUT2D eigenvalue weighted by molar-refractivity contribution is -0.120. The van der Waals surface area contributed by atoms with E-state index in [4.69, 9.17) is 5.73 Å². The molecule has 1 aliphatic carbocycles. The van der Waals surface area contributed by atoms with Crippen molar-refractivity contribution in [2.45, 2.75) is 24.9 Å². The molecule has 1 amide bonds. The molecule has 0 bridgehead atoms. The van der Waals surface area contributed by atoms with E-state index in [9.17, 15) is 4.79 Å². The van der Waals surface area contributed by atoms with Gasteiger partial charge in [0, 0.05) is 16.6 Å². The molecule has 1 aromatic carbocycles. The number of nitrogens with one attached hydrogen (secondary N) is 1. The van der Waals surface area contributed by atoms with Crippen molar-refractivity contribution >= 4 is 21.8 Å². The van der Waals surface area contributed by atoms with Gasteiger partial charge in [-0.2, -0.15) is 0 Å². The van der Waals surface area contributed by atoms with Crippen LogP contribution in [0.4, 0.5) is 0 Å². The highest BCUT2D eigenvalue weighted by Gasteiger charge is 2.34. The van der Waals surface area contributed by atoms with Crippen molar-refractivity contribution in [3.63, 3.8) is 0 Å². The third-order valence-corrected chi connectivity index (χ3v) is 2.99. The number of hydrogen-bond donors (Lipinski definition) is 2. The highest BCUT2D eigenvalue weighted by molar-refractivity contribution is 9.10. The highest BCUT2D eigenvalue weighted by Crippen LogP contribution is 2.18. The van der Waals surface area contributed by atoms with Crippen LogP contribution in [-0.2, 0) is 11.2 Å². The summed E-state index contributed by atoms with van der Waals surface area (Å²) in [5, 5.41) is 2.89. The fourth-order valence-electron chi connectivity index (χ4n) is 1.43. The van der Waals surface area contributed by atoms with E-state index in [2.05, 4.69) is 21.2 Å². The monoisotopic (exact) mass is 268 g/mol. The van der Waals surface area contributed by atoms with E-state index in [-0.39, 0.29) is 18.0 Å². The Morgan fingerprint density at radius 3 is 2.60 bits per heavy atom. The third-order valence-electron chi connectivity index (χ3n) is 2.46. The number of halogens is 1. The predicted octanol–water partition coefficient (Wildman–Crippen LogP) is 1.21. The summed E-state index contributed by atoms with van der Waals surface area (Å²) in [6.07, 6.45) is 1.34. The minimum Gasteiger partial charge on any atom is -0.351 e. The van der Waals surface area contributed by atoms with Crippen LogP contribution >= 0.6 is 15.9 Å². The van der Waals surface area contributed by atoms with Crippen LogP contribution in [0.3, 0.4) is 0 Å². The van der Waals surface area contributed by atoms with Crippen LogP contribution < -0.4 is 11.1 Å². The molecular weight excluding hydrogens is 256 g/mol. The predicted molar refractivity (Wildman–Crippen MR) is 62.4 cm³/mol. The molecule has 0 heterocycles. The van der Waals surface area contributed by atoms with Crippen molar-refractivity contribution in [2.75, 3.05) is 0 Å². The van der Waals surface area contributed by atoms with Crippen LogP contribution in [-0.4, -0.2) is 18.0 Å². The van der Waals surface area contributed by atoms with Crippen molar-refractivity contribution in [1.82, 2.24) is 5.32 Å². The Balaban J connectivity index is 1.85. The smallest absolute Gasteiger partial charge is 0.224 e. The van der Waals surface area contributed by atoms with E-state index in [1.165, 1.54) is 0 Å². The molecule has 0 spiro atoms. The Labute approximate surface area is 97.2 Å². The van der Waals surface area contributed by atoms with Crippen LogP contribution in [0, 0.1) is 0 Å². The van der Waals surface area contributed by atoms with Crippen molar-refractivity contribution in [3.05, 3.63) is 34.3 Å². The van der Waals surface area contributed by atoms with Gasteiger partial charge in [0.15, 0.2) is 0 Å². The maximum atomic E-state index is 11.5. The van der Waals surface area contributed by atoms with Crippen LogP contribution in [0.5, 0.6) is 0 Å². The van der Waals surface area contributed by atoms with E-state index in [0.717, 1.165) is 16.5 Å². The van der Waals surface area contributed by atoms with Gasteiger partial charge in [-0.05, 0) is 24.1 Å². The molecule has 1 aromatic rings. The molecule has 2 atom stereocenters. The minimum atomic E-state index is 0.0512. The first-order valence-corrected chi connectivity index (χ1v) is 5.74. The maximum absolute atomic E-state index is 11.5. The summed E-state index contributed by atoms with van der Waals surface area (Å²) in [6.45, 7) is 0. The fraction of sp³-hybridized carbons (Fsp3) is 0.364. The van der Waals surface area contributed by atoms with E-state index < -0.39 is 0 Å². The lowest BCUT2D eigenvalue weighted by Crippen LogP contribution is -2.30. The van der Waals surface area contributed by atoms with Gasteiger partial charge in [0.05, 0.1) is 6.42 Å². The van der Waals surface area contributed by atoms with Gasteiger partial charge in [-0.25, -0.2) is 0 Å². The zero-order valence-electron chi connectivity index (χ0n) is 8.24. The highest BCUT2D eigenvalue weighted by atomic mass is 79.9. The molecule has 0 saturated heterocycles. The van der Waals surface area contributed by atoms with Gasteiger partial charge < -0.3 is 11.1 Å². The molecule has 2 rings (SSSR count). The summed E-state index contributed by atoms with van der Waals surface area (Å²) in [7, 11) is 0. The van der Waals surface area contributed by atoms with Crippen molar-refractivity contribution < 1.29 is 4.79 Å². The molecule has 4 heteroatoms. The number of amides is 1. The average molecular weight is 269 g/mol. The van der Waals surface area contributed by atoms with Gasteiger partial charge in [-0.3, -0.25) is 4.79 Å². The molecule has 1 fully saturated rings. The second kappa shape index (κ2) is 4.33. The Morgan fingerprint density at radius 2 is 2.07 bits per heavy atom. The topological polar surface area (TPSA) is 55.1 Å². The van der Waals surface area contributed by atoms with Gasteiger partial charge in [0.1, 0.15) is 0 Å². The molecule has 15 heavy (non-hydrogen) atoms. The van der Waals surface area contributed by atoms with Crippen LogP contribution in [0.1, 0.15) is 12.0 Å². The zero-order valence-corrected chi connectivity index (χ0v) is 9.83. The molecule has 0 aliphatic heterocycles. The number of benzene rings is 1. The Morgan fingerprint density at radius 1 is 1.47 bits per heavy atom. The first-order chi connectivity index (χ1) is 7.15. The number of hydrogen-bond acceptors (Lipinski definition) is 2. The summed E-state index contributed by atoms with van der Waals surface area (Å²) in [6, 6.07) is 8.12. The summed E-state index contributed by atoms with van der Waals surface area (Å²) < 4.78 is 1.02. The largest absolute Gasteiger partial charge is 0.351 e. The summed E-state index contributed by atoms with van der Waals surface area (Å²) in [5.74, 6) is 0.0512. The molecule has 3 nitrogen and oxygen atoms in total. The van der Waals surface area contributed by atoms with Crippen LogP contribution in [0.25, 0.3) is 0 Å². The van der Waals surface area contributed by atoms with E-state index in [1.807, 2.05) is 24.3 Å². The Kier molecular flexibility index (Phi) is 3.07. The minimum absolute atomic E-state index is 0.0512. The molecular formula is C11H13BrN2O. The Hall–Kier alpha value is -0.870. The molecule has 0 aromatic heterocycles. The van der Waals surface area contributed by atoms with E-state index in [1.54, 1.807) is 0 Å². The summed E-state index contributed by atoms with van der Waals surface area (Å²) >= 11 is 3.35. The zero-order chi connectivity index (χ0) is 10.8. The lowest BCUT2D eigenvalue weighted by atomic mass is 10.1. The van der Waals surface area contributed by atoms with Crippen LogP contribution in [0.2, 0.25) is 0 Å². The molecule has 0 radical (unpaired) electrons. The summed E-state index contributed by atoms with van der Waals surface area (Å²) in [4.78, 5) is 11.5. The van der Waals surface area contributed by atoms with Gasteiger partial charge in [0.2, 0.25) is 5.91 Å². The van der Waals surface area contributed by atoms with Gasteiger partial charge >= 0.3 is 0 Å². The second-order valence-electron chi connectivity index (χ2n) is 3.88. The fourth-order valence-corrected chi connectivity index (χ4v) is 1.69. The summed E-state index contributed by atoms with van der Waals surface area (Å²) in [5.41, 5.74) is 6.63. The number of nitrogens with two attached hydrogens (primary N) is 1. The molecule has 3 N–H and O–H groups in total. The first kappa shape index (κ1) is 10.6. The first-order valence-electron chi connectivity index (χ1n) is 4.94. The molecule has 1 aliphatic rings. The van der Waals surface area contributed by atoms with Gasteiger partial charge in [-0.1, -0.05) is 28.1 Å². The third kappa shape index (κ3) is 3.04. The van der Waals surface area contributed by atoms with Crippen molar-refractivity contribution in [2.24, 2.45) is 5.73 Å². The number of rotatable bonds is 3. The average Bonchev–Trinajstić information content (AvgIpc) is 2.86. The lowest BCUT2D eigenvalue weighted by Gasteiger charge is -2.03. The van der Waals surface area contributed by atoms with Gasteiger partial charge in [-0.15, -0.1) is 0 Å². The Bertz CT molecular complexity index is 363. The van der Waals surface area contributed by atoms with Crippen molar-refractivity contribution in [1.29, 1.82) is 0 Å². The van der Waals surface area contributed by atoms with E-state index in [0.29, 0.717) is 6.42 Å². The number of carbonyl (C=O) groups is 1. The maximum Gasteiger partial charge on any atom is 0.224 e. The van der Waals surface area contributed by atoms with E-state index >= 15 is 0 Å². The molecule has 1 saturated carbocycles. The van der Waals surface area contributed by atoms with Crippen LogP contribution in [0.15, 0.2) is 28.7 Å². The standard InChI is InChI=1S/C11H13BrN2O/c12-8-3-1-7(2-4-8)5-11(15)14-10-6-9(10)13/h1-4,9-10H,5-6,13H2,(H,14,15). The second-order valence-corrected chi connectivity index (χ2v) is 4.79. The van der Waals surface area contributed by atoms with Crippen molar-refractivity contribution in [3.8, 4) is 0 Å². The normalized spacial score (nSPS) is 23.6. The number of carbonyl (C=O) groups excluding carboxylic acids is 1. The molecule has 80 valence electrons. The SMILES string of the molecule is NC1CC1NC(=O)Cc1ccc(Br)cc1.